The first kappa shape index (κ1) is 18.4. The average molecular weight is 300 g/mol. The number of piperidine rings is 1. The molecule has 21 heavy (non-hydrogen) atoms. The first-order chi connectivity index (χ1) is 9.91. The van der Waals surface area contributed by atoms with E-state index in [1.54, 1.807) is 7.11 Å². The fourth-order valence-corrected chi connectivity index (χ4v) is 3.09. The van der Waals surface area contributed by atoms with E-state index in [9.17, 15) is 4.79 Å². The highest BCUT2D eigenvalue weighted by atomic mass is 16.5. The molecule has 1 N–H and O–H groups in total. The third kappa shape index (κ3) is 5.93. The van der Waals surface area contributed by atoms with E-state index in [4.69, 9.17) is 9.47 Å². The molecule has 0 aromatic rings. The molecule has 5 heteroatoms. The molecule has 1 aliphatic rings. The van der Waals surface area contributed by atoms with Crippen LogP contribution in [0.25, 0.3) is 0 Å². The van der Waals surface area contributed by atoms with E-state index in [-0.39, 0.29) is 12.0 Å². The van der Waals surface area contributed by atoms with Gasteiger partial charge in [0.25, 0.3) is 0 Å². The lowest BCUT2D eigenvalue weighted by Gasteiger charge is -2.35. The van der Waals surface area contributed by atoms with Crippen molar-refractivity contribution in [3.63, 3.8) is 0 Å². The molecule has 0 saturated carbocycles. The Balaban J connectivity index is 2.45. The maximum Gasteiger partial charge on any atom is 0.325 e. The highest BCUT2D eigenvalue weighted by Gasteiger charge is 2.35. The van der Waals surface area contributed by atoms with Crippen LogP contribution >= 0.6 is 0 Å². The summed E-state index contributed by atoms with van der Waals surface area (Å²) in [6.07, 6.45) is 3.13. The molecule has 1 rings (SSSR count). The second-order valence-electron chi connectivity index (χ2n) is 6.61. The maximum absolute atomic E-state index is 12.1. The molecule has 0 aliphatic carbocycles. The molecule has 0 radical (unpaired) electrons. The van der Waals surface area contributed by atoms with Crippen LogP contribution in [0.1, 0.15) is 40.0 Å². The van der Waals surface area contributed by atoms with Gasteiger partial charge >= 0.3 is 5.97 Å². The van der Waals surface area contributed by atoms with Crippen molar-refractivity contribution in [2.24, 2.45) is 5.92 Å². The molecule has 1 atom stereocenters. The van der Waals surface area contributed by atoms with E-state index in [1.165, 1.54) is 20.0 Å². The van der Waals surface area contributed by atoms with Crippen molar-refractivity contribution in [1.29, 1.82) is 0 Å². The van der Waals surface area contributed by atoms with Crippen LogP contribution in [0.5, 0.6) is 0 Å². The first-order valence-corrected chi connectivity index (χ1v) is 7.98. The molecule has 1 unspecified atom stereocenters. The van der Waals surface area contributed by atoms with Crippen LogP contribution in [0.3, 0.4) is 0 Å². The van der Waals surface area contributed by atoms with Gasteiger partial charge in [0.15, 0.2) is 0 Å². The minimum Gasteiger partial charge on any atom is -0.468 e. The summed E-state index contributed by atoms with van der Waals surface area (Å²) in [5, 5.41) is 3.35. The normalized spacial score (nSPS) is 20.5. The second-order valence-corrected chi connectivity index (χ2v) is 6.61. The first-order valence-electron chi connectivity index (χ1n) is 7.98. The molecule has 0 amide bonds. The minimum atomic E-state index is -0.605. The number of carbonyl (C=O) groups excluding carboxylic acids is 1. The molecule has 1 saturated heterocycles. The van der Waals surface area contributed by atoms with Crippen molar-refractivity contribution in [3.8, 4) is 0 Å². The van der Waals surface area contributed by atoms with Crippen molar-refractivity contribution in [2.45, 2.75) is 51.6 Å². The molecule has 0 bridgehead atoms. The zero-order valence-corrected chi connectivity index (χ0v) is 14.3. The Morgan fingerprint density at radius 2 is 1.95 bits per heavy atom. The van der Waals surface area contributed by atoms with Gasteiger partial charge in [0, 0.05) is 26.3 Å². The van der Waals surface area contributed by atoms with Crippen molar-refractivity contribution >= 4 is 5.97 Å². The maximum atomic E-state index is 12.1. The molecule has 1 fully saturated rings. The predicted octanol–water partition coefficient (Wildman–Crippen LogP) is 1.66. The monoisotopic (exact) mass is 300 g/mol. The van der Waals surface area contributed by atoms with Crippen LogP contribution in [0, 0.1) is 5.92 Å². The fourth-order valence-electron chi connectivity index (χ4n) is 3.09. The van der Waals surface area contributed by atoms with Gasteiger partial charge in [-0.1, -0.05) is 0 Å². The molecule has 1 aliphatic heterocycles. The van der Waals surface area contributed by atoms with Gasteiger partial charge in [-0.25, -0.2) is 0 Å². The van der Waals surface area contributed by atoms with E-state index < -0.39 is 5.54 Å². The number of likely N-dealkylation sites (tertiary alicyclic amines) is 1. The van der Waals surface area contributed by atoms with Gasteiger partial charge in [-0.3, -0.25) is 10.1 Å². The van der Waals surface area contributed by atoms with Gasteiger partial charge < -0.3 is 14.4 Å². The summed E-state index contributed by atoms with van der Waals surface area (Å²) in [5.41, 5.74) is -0.605. The standard InChI is InChI=1S/C16H32N2O3/c1-13(2)17-16(3,15(19)21-5)8-11-18-9-6-14(7-10-18)12-20-4/h13-14,17H,6-12H2,1-5H3. The van der Waals surface area contributed by atoms with E-state index in [0.29, 0.717) is 5.92 Å². The summed E-state index contributed by atoms with van der Waals surface area (Å²) in [4.78, 5) is 14.5. The number of hydrogen-bond acceptors (Lipinski definition) is 5. The number of hydrogen-bond donors (Lipinski definition) is 1. The summed E-state index contributed by atoms with van der Waals surface area (Å²) in [5.74, 6) is 0.512. The lowest BCUT2D eigenvalue weighted by Crippen LogP contribution is -2.54. The van der Waals surface area contributed by atoms with Gasteiger partial charge in [0.1, 0.15) is 5.54 Å². The van der Waals surface area contributed by atoms with Crippen molar-refractivity contribution < 1.29 is 14.3 Å². The number of rotatable bonds is 8. The van der Waals surface area contributed by atoms with E-state index in [2.05, 4.69) is 24.1 Å². The Kier molecular flexibility index (Phi) is 7.63. The van der Waals surface area contributed by atoms with Crippen LogP contribution in [-0.2, 0) is 14.3 Å². The molecule has 5 nitrogen and oxygen atoms in total. The lowest BCUT2D eigenvalue weighted by molar-refractivity contribution is -0.148. The summed E-state index contributed by atoms with van der Waals surface area (Å²) < 4.78 is 10.2. The third-order valence-electron chi connectivity index (χ3n) is 4.28. The van der Waals surface area contributed by atoms with Gasteiger partial charge in [-0.2, -0.15) is 0 Å². The average Bonchev–Trinajstić information content (AvgIpc) is 2.45. The predicted molar refractivity (Wildman–Crippen MR) is 84.3 cm³/mol. The lowest BCUT2D eigenvalue weighted by atomic mass is 9.94. The Hall–Kier alpha value is -0.650. The van der Waals surface area contributed by atoms with E-state index >= 15 is 0 Å². The van der Waals surface area contributed by atoms with Crippen LogP contribution in [0.15, 0.2) is 0 Å². The summed E-state index contributed by atoms with van der Waals surface area (Å²) in [6.45, 7) is 10.0. The molecule has 0 aromatic carbocycles. The second kappa shape index (κ2) is 8.71. The molecule has 124 valence electrons. The number of nitrogens with one attached hydrogen (secondary N) is 1. The molecule has 0 spiro atoms. The van der Waals surface area contributed by atoms with Crippen molar-refractivity contribution in [1.82, 2.24) is 10.2 Å². The zero-order valence-electron chi connectivity index (χ0n) is 14.3. The number of carbonyl (C=O) groups is 1. The molecular weight excluding hydrogens is 268 g/mol. The van der Waals surface area contributed by atoms with Crippen LogP contribution in [-0.4, -0.2) is 62.9 Å². The highest BCUT2D eigenvalue weighted by molar-refractivity contribution is 5.80. The molecule has 0 aromatic heterocycles. The topological polar surface area (TPSA) is 50.8 Å². The van der Waals surface area contributed by atoms with Crippen molar-refractivity contribution in [2.75, 3.05) is 40.5 Å². The summed E-state index contributed by atoms with van der Waals surface area (Å²) in [6, 6.07) is 0.251. The molecular formula is C16H32N2O3. The fraction of sp³-hybridized carbons (Fsp3) is 0.938. The zero-order chi connectivity index (χ0) is 15.9. The van der Waals surface area contributed by atoms with Gasteiger partial charge in [-0.15, -0.1) is 0 Å². The Morgan fingerprint density at radius 3 is 2.43 bits per heavy atom. The Morgan fingerprint density at radius 1 is 1.33 bits per heavy atom. The summed E-state index contributed by atoms with van der Waals surface area (Å²) >= 11 is 0. The van der Waals surface area contributed by atoms with Crippen LogP contribution < -0.4 is 5.32 Å². The van der Waals surface area contributed by atoms with Crippen molar-refractivity contribution in [3.05, 3.63) is 0 Å². The Bertz CT molecular complexity index is 315. The van der Waals surface area contributed by atoms with Gasteiger partial charge in [0.2, 0.25) is 0 Å². The Labute approximate surface area is 129 Å². The third-order valence-corrected chi connectivity index (χ3v) is 4.28. The number of esters is 1. The van der Waals surface area contributed by atoms with Crippen LogP contribution in [0.4, 0.5) is 0 Å². The minimum absolute atomic E-state index is 0.175. The highest BCUT2D eigenvalue weighted by Crippen LogP contribution is 2.20. The number of nitrogens with zero attached hydrogens (tertiary/aromatic N) is 1. The summed E-state index contributed by atoms with van der Waals surface area (Å²) in [7, 11) is 3.23. The van der Waals surface area contributed by atoms with Crippen LogP contribution in [0.2, 0.25) is 0 Å². The number of ether oxygens (including phenoxy) is 2. The number of methoxy groups -OCH3 is 2. The van der Waals surface area contributed by atoms with E-state index in [0.717, 1.165) is 32.7 Å². The van der Waals surface area contributed by atoms with Gasteiger partial charge in [0.05, 0.1) is 7.11 Å². The van der Waals surface area contributed by atoms with Gasteiger partial charge in [-0.05, 0) is 59.0 Å². The SMILES string of the molecule is COCC1CCN(CCC(C)(NC(C)C)C(=O)OC)CC1. The quantitative estimate of drug-likeness (QED) is 0.691. The largest absolute Gasteiger partial charge is 0.468 e. The van der Waals surface area contributed by atoms with E-state index in [1.807, 2.05) is 6.92 Å². The smallest absolute Gasteiger partial charge is 0.325 e. The molecule has 1 heterocycles.